The normalized spacial score (nSPS) is 11.4. The highest BCUT2D eigenvalue weighted by Gasteiger charge is 2.09. The van der Waals surface area contributed by atoms with Crippen LogP contribution in [0.5, 0.6) is 0 Å². The lowest BCUT2D eigenvalue weighted by Crippen LogP contribution is -1.93. The number of benzene rings is 2. The number of allylic oxidation sites excluding steroid dienone is 1. The van der Waals surface area contributed by atoms with Gasteiger partial charge in [-0.25, -0.2) is 0 Å². The van der Waals surface area contributed by atoms with Gasteiger partial charge in [0.15, 0.2) is 5.76 Å². The monoisotopic (exact) mass is 290 g/mol. The molecule has 2 aromatic carbocycles. The smallest absolute Gasteiger partial charge is 0.221 e. The van der Waals surface area contributed by atoms with Gasteiger partial charge in [0.2, 0.25) is 5.78 Å². The molecular weight excluding hydrogens is 272 g/mol. The van der Waals surface area contributed by atoms with Gasteiger partial charge in [0.25, 0.3) is 0 Å². The van der Waals surface area contributed by atoms with E-state index >= 15 is 0 Å². The highest BCUT2D eigenvalue weighted by atomic mass is 16.3. The molecule has 2 heteroatoms. The summed E-state index contributed by atoms with van der Waals surface area (Å²) >= 11 is 0. The molecular formula is C20H18O2. The van der Waals surface area contributed by atoms with Gasteiger partial charge in [-0.3, -0.25) is 4.79 Å². The molecule has 0 atom stereocenters. The Bertz CT molecular complexity index is 826. The maximum Gasteiger partial charge on any atom is 0.221 e. The van der Waals surface area contributed by atoms with E-state index in [0.717, 1.165) is 16.5 Å². The zero-order valence-corrected chi connectivity index (χ0v) is 13.0. The van der Waals surface area contributed by atoms with E-state index in [-0.39, 0.29) is 5.78 Å². The van der Waals surface area contributed by atoms with E-state index in [0.29, 0.717) is 5.76 Å². The van der Waals surface area contributed by atoms with Crippen molar-refractivity contribution >= 4 is 22.8 Å². The van der Waals surface area contributed by atoms with Crippen molar-refractivity contribution in [2.45, 2.75) is 20.8 Å². The molecule has 0 aliphatic heterocycles. The number of hydrogen-bond acceptors (Lipinski definition) is 2. The summed E-state index contributed by atoms with van der Waals surface area (Å²) in [6, 6.07) is 13.7. The summed E-state index contributed by atoms with van der Waals surface area (Å²) in [5, 5.41) is 0.946. The zero-order chi connectivity index (χ0) is 15.7. The van der Waals surface area contributed by atoms with E-state index in [1.54, 1.807) is 12.1 Å². The molecule has 3 aromatic rings. The van der Waals surface area contributed by atoms with Gasteiger partial charge in [0.05, 0.1) is 0 Å². The lowest BCUT2D eigenvalue weighted by Gasteiger charge is -2.06. The molecule has 0 spiro atoms. The van der Waals surface area contributed by atoms with Crippen LogP contribution in [-0.4, -0.2) is 5.78 Å². The standard InChI is InChI=1S/C20H18O2/c1-13-10-14(2)17(15(3)11-13)8-9-18(21)20-12-16-6-4-5-7-19(16)22-20/h4-12H,1-3H3/b9-8+. The Hall–Kier alpha value is -2.61. The van der Waals surface area contributed by atoms with Crippen LogP contribution < -0.4 is 0 Å². The number of fused-ring (bicyclic) bond motifs is 1. The number of carbonyl (C=O) groups excluding carboxylic acids is 1. The van der Waals surface area contributed by atoms with E-state index in [1.807, 2.05) is 30.3 Å². The summed E-state index contributed by atoms with van der Waals surface area (Å²) in [7, 11) is 0. The molecule has 0 fully saturated rings. The molecule has 0 N–H and O–H groups in total. The summed E-state index contributed by atoms with van der Waals surface area (Å²) in [5.74, 6) is 0.260. The van der Waals surface area contributed by atoms with Gasteiger partial charge < -0.3 is 4.42 Å². The van der Waals surface area contributed by atoms with Crippen LogP contribution in [0.4, 0.5) is 0 Å². The van der Waals surface area contributed by atoms with Gasteiger partial charge in [0, 0.05) is 5.39 Å². The lowest BCUT2D eigenvalue weighted by atomic mass is 9.99. The summed E-state index contributed by atoms with van der Waals surface area (Å²) in [4.78, 5) is 12.3. The first-order valence-corrected chi connectivity index (χ1v) is 7.33. The highest BCUT2D eigenvalue weighted by Crippen LogP contribution is 2.21. The fourth-order valence-electron chi connectivity index (χ4n) is 2.80. The first-order valence-electron chi connectivity index (χ1n) is 7.33. The topological polar surface area (TPSA) is 30.2 Å². The van der Waals surface area contributed by atoms with Gasteiger partial charge in [-0.2, -0.15) is 0 Å². The fraction of sp³-hybridized carbons (Fsp3) is 0.150. The average molecular weight is 290 g/mol. The van der Waals surface area contributed by atoms with Crippen molar-refractivity contribution in [2.24, 2.45) is 0 Å². The molecule has 22 heavy (non-hydrogen) atoms. The third-order valence-corrected chi connectivity index (χ3v) is 3.81. The van der Waals surface area contributed by atoms with E-state index in [9.17, 15) is 4.79 Å². The zero-order valence-electron chi connectivity index (χ0n) is 13.0. The first kappa shape index (κ1) is 14.3. The molecule has 0 aliphatic carbocycles. The number of ketones is 1. The van der Waals surface area contributed by atoms with Crippen LogP contribution in [-0.2, 0) is 0 Å². The largest absolute Gasteiger partial charge is 0.453 e. The predicted molar refractivity (Wildman–Crippen MR) is 90.2 cm³/mol. The van der Waals surface area contributed by atoms with E-state index in [4.69, 9.17) is 4.42 Å². The number of carbonyl (C=O) groups is 1. The molecule has 1 heterocycles. The van der Waals surface area contributed by atoms with Crippen LogP contribution in [0.1, 0.15) is 32.8 Å². The van der Waals surface area contributed by atoms with Crippen LogP contribution >= 0.6 is 0 Å². The van der Waals surface area contributed by atoms with Crippen molar-refractivity contribution in [1.82, 2.24) is 0 Å². The van der Waals surface area contributed by atoms with Gasteiger partial charge in [-0.1, -0.05) is 42.0 Å². The van der Waals surface area contributed by atoms with Crippen LogP contribution in [0, 0.1) is 20.8 Å². The van der Waals surface area contributed by atoms with E-state index in [1.165, 1.54) is 16.7 Å². The molecule has 110 valence electrons. The number of furan rings is 1. The average Bonchev–Trinajstić information content (AvgIpc) is 2.89. The third-order valence-electron chi connectivity index (χ3n) is 3.81. The van der Waals surface area contributed by atoms with Crippen molar-refractivity contribution in [3.8, 4) is 0 Å². The summed E-state index contributed by atoms with van der Waals surface area (Å²) in [6.45, 7) is 6.20. The van der Waals surface area contributed by atoms with Crippen molar-refractivity contribution < 1.29 is 9.21 Å². The highest BCUT2D eigenvalue weighted by molar-refractivity contribution is 6.07. The van der Waals surface area contributed by atoms with Gasteiger partial charge in [-0.15, -0.1) is 0 Å². The quantitative estimate of drug-likeness (QED) is 0.487. The van der Waals surface area contributed by atoms with Crippen LogP contribution in [0.2, 0.25) is 0 Å². The van der Waals surface area contributed by atoms with Crippen molar-refractivity contribution in [1.29, 1.82) is 0 Å². The summed E-state index contributed by atoms with van der Waals surface area (Å²) in [6.07, 6.45) is 3.46. The fourth-order valence-corrected chi connectivity index (χ4v) is 2.80. The molecule has 0 saturated heterocycles. The van der Waals surface area contributed by atoms with Crippen LogP contribution in [0.15, 0.2) is 53.0 Å². The third kappa shape index (κ3) is 2.73. The van der Waals surface area contributed by atoms with Gasteiger partial charge in [0.1, 0.15) is 5.58 Å². The van der Waals surface area contributed by atoms with Gasteiger partial charge >= 0.3 is 0 Å². The molecule has 0 bridgehead atoms. The number of hydrogen-bond donors (Lipinski definition) is 0. The second-order valence-corrected chi connectivity index (χ2v) is 5.66. The molecule has 0 unspecified atom stereocenters. The van der Waals surface area contributed by atoms with Crippen LogP contribution in [0.3, 0.4) is 0 Å². The maximum absolute atomic E-state index is 12.3. The Morgan fingerprint density at radius 1 is 1.00 bits per heavy atom. The Morgan fingerprint density at radius 2 is 1.68 bits per heavy atom. The molecule has 0 aliphatic rings. The second kappa shape index (κ2) is 5.64. The van der Waals surface area contributed by atoms with Crippen LogP contribution in [0.25, 0.3) is 17.0 Å². The second-order valence-electron chi connectivity index (χ2n) is 5.66. The Kier molecular flexibility index (Phi) is 3.68. The minimum Gasteiger partial charge on any atom is -0.453 e. The first-order chi connectivity index (χ1) is 10.5. The minimum atomic E-state index is -0.115. The Morgan fingerprint density at radius 3 is 2.36 bits per heavy atom. The molecule has 0 amide bonds. The van der Waals surface area contributed by atoms with Gasteiger partial charge in [-0.05, 0) is 55.7 Å². The molecule has 3 rings (SSSR count). The van der Waals surface area contributed by atoms with E-state index in [2.05, 4.69) is 32.9 Å². The maximum atomic E-state index is 12.3. The minimum absolute atomic E-state index is 0.115. The van der Waals surface area contributed by atoms with Crippen molar-refractivity contribution in [3.63, 3.8) is 0 Å². The summed E-state index contributed by atoms with van der Waals surface area (Å²) in [5.41, 5.74) is 5.41. The predicted octanol–water partition coefficient (Wildman–Crippen LogP) is 5.25. The molecule has 0 saturated carbocycles. The Balaban J connectivity index is 1.91. The SMILES string of the molecule is Cc1cc(C)c(/C=C/C(=O)c2cc3ccccc3o2)c(C)c1. The number of rotatable bonds is 3. The Labute approximate surface area is 130 Å². The molecule has 1 aromatic heterocycles. The lowest BCUT2D eigenvalue weighted by molar-refractivity contribution is 0.102. The number of para-hydroxylation sites is 1. The summed E-state index contributed by atoms with van der Waals surface area (Å²) < 4.78 is 5.60. The van der Waals surface area contributed by atoms with E-state index < -0.39 is 0 Å². The number of aryl methyl sites for hydroxylation is 3. The van der Waals surface area contributed by atoms with Crippen molar-refractivity contribution in [2.75, 3.05) is 0 Å². The molecule has 0 radical (unpaired) electrons. The van der Waals surface area contributed by atoms with Crippen molar-refractivity contribution in [3.05, 3.63) is 76.6 Å². The molecule has 2 nitrogen and oxygen atoms in total.